The Morgan fingerprint density at radius 1 is 1.06 bits per heavy atom. The minimum absolute atomic E-state index is 0.0879. The molecule has 2 heterocycles. The quantitative estimate of drug-likeness (QED) is 0.565. The topological polar surface area (TPSA) is 89.8 Å². The monoisotopic (exact) mass is 438 g/mol. The van der Waals surface area contributed by atoms with Crippen molar-refractivity contribution in [2.75, 3.05) is 23.8 Å². The molecule has 0 atom stereocenters. The number of carbonyl (C=O) groups excluding carboxylic acids is 2. The van der Waals surface area contributed by atoms with Gasteiger partial charge in [0.2, 0.25) is 0 Å². The van der Waals surface area contributed by atoms with E-state index in [-0.39, 0.29) is 18.3 Å². The molecule has 2 amide bonds. The standard InChI is InChI=1S/C23H19ClN2O5/c1-2-29-19-6-3-5-14-11-15(13-31-21(14)19)22(27)25-17-9-8-16(24)12-18(17)26-23(28)20-7-4-10-30-20/h3-12H,2,13H2,1H3,(H,25,27)(H,26,28). The Bertz CT molecular complexity index is 1150. The van der Waals surface area contributed by atoms with Crippen molar-refractivity contribution in [3.8, 4) is 11.5 Å². The van der Waals surface area contributed by atoms with Crippen LogP contribution in [0.4, 0.5) is 11.4 Å². The largest absolute Gasteiger partial charge is 0.490 e. The second kappa shape index (κ2) is 8.97. The van der Waals surface area contributed by atoms with E-state index in [0.717, 1.165) is 5.56 Å². The summed E-state index contributed by atoms with van der Waals surface area (Å²) in [4.78, 5) is 25.2. The number of rotatable bonds is 6. The van der Waals surface area contributed by atoms with Crippen LogP contribution in [0.2, 0.25) is 5.02 Å². The summed E-state index contributed by atoms with van der Waals surface area (Å²) in [5.74, 6) is 0.570. The second-order valence-corrected chi connectivity index (χ2v) is 7.08. The Kier molecular flexibility index (Phi) is 5.95. The summed E-state index contributed by atoms with van der Waals surface area (Å²) in [6, 6.07) is 13.4. The van der Waals surface area contributed by atoms with E-state index in [2.05, 4.69) is 10.6 Å². The third-order valence-corrected chi connectivity index (χ3v) is 4.76. The molecular weight excluding hydrogens is 420 g/mol. The van der Waals surface area contributed by atoms with Crippen molar-refractivity contribution in [3.05, 3.63) is 76.7 Å². The van der Waals surface area contributed by atoms with Crippen LogP contribution in [0.1, 0.15) is 23.0 Å². The molecule has 0 fully saturated rings. The minimum atomic E-state index is -0.458. The van der Waals surface area contributed by atoms with Gasteiger partial charge in [-0.05, 0) is 49.4 Å². The van der Waals surface area contributed by atoms with Crippen LogP contribution in [0.5, 0.6) is 11.5 Å². The third kappa shape index (κ3) is 4.57. The smallest absolute Gasteiger partial charge is 0.291 e. The zero-order chi connectivity index (χ0) is 21.8. The van der Waals surface area contributed by atoms with Gasteiger partial charge in [0.1, 0.15) is 6.61 Å². The lowest BCUT2D eigenvalue weighted by atomic mass is 10.1. The van der Waals surface area contributed by atoms with Crippen molar-refractivity contribution >= 4 is 40.9 Å². The highest BCUT2D eigenvalue weighted by molar-refractivity contribution is 6.31. The van der Waals surface area contributed by atoms with Gasteiger partial charge >= 0.3 is 0 Å². The van der Waals surface area contributed by atoms with Crippen LogP contribution in [0, 0.1) is 0 Å². The molecule has 8 heteroatoms. The van der Waals surface area contributed by atoms with Gasteiger partial charge in [0.05, 0.1) is 29.8 Å². The molecule has 2 N–H and O–H groups in total. The molecule has 0 saturated carbocycles. The molecule has 2 aromatic carbocycles. The summed E-state index contributed by atoms with van der Waals surface area (Å²) in [7, 11) is 0. The first-order valence-corrected chi connectivity index (χ1v) is 9.98. The Morgan fingerprint density at radius 3 is 2.68 bits per heavy atom. The number of anilines is 2. The van der Waals surface area contributed by atoms with Crippen LogP contribution in [0.3, 0.4) is 0 Å². The number of halogens is 1. The van der Waals surface area contributed by atoms with Crippen LogP contribution < -0.4 is 20.1 Å². The maximum Gasteiger partial charge on any atom is 0.291 e. The number of fused-ring (bicyclic) bond motifs is 1. The summed E-state index contributed by atoms with van der Waals surface area (Å²) in [5.41, 5.74) is 1.92. The lowest BCUT2D eigenvalue weighted by molar-refractivity contribution is -0.113. The number of hydrogen-bond acceptors (Lipinski definition) is 5. The van der Waals surface area contributed by atoms with Crippen LogP contribution in [-0.4, -0.2) is 25.0 Å². The van der Waals surface area contributed by atoms with Crippen molar-refractivity contribution in [2.24, 2.45) is 0 Å². The Labute approximate surface area is 183 Å². The Balaban J connectivity index is 1.55. The van der Waals surface area contributed by atoms with Crippen LogP contribution in [0.15, 0.2) is 64.8 Å². The van der Waals surface area contributed by atoms with Crippen LogP contribution in [0.25, 0.3) is 6.08 Å². The molecule has 4 rings (SSSR count). The van der Waals surface area contributed by atoms with Gasteiger partial charge in [-0.25, -0.2) is 0 Å². The summed E-state index contributed by atoms with van der Waals surface area (Å²) >= 11 is 6.08. The van der Waals surface area contributed by atoms with Gasteiger partial charge < -0.3 is 24.5 Å². The zero-order valence-electron chi connectivity index (χ0n) is 16.6. The lowest BCUT2D eigenvalue weighted by Crippen LogP contribution is -2.22. The molecule has 0 unspecified atom stereocenters. The van der Waals surface area contributed by atoms with Gasteiger partial charge in [0, 0.05) is 10.6 Å². The van der Waals surface area contributed by atoms with Crippen LogP contribution >= 0.6 is 11.6 Å². The van der Waals surface area contributed by atoms with E-state index in [4.69, 9.17) is 25.5 Å². The van der Waals surface area contributed by atoms with E-state index in [1.807, 2.05) is 25.1 Å². The first kappa shape index (κ1) is 20.6. The maximum atomic E-state index is 12.9. The Hall–Kier alpha value is -3.71. The summed E-state index contributed by atoms with van der Waals surface area (Å²) in [6.07, 6.45) is 3.16. The predicted molar refractivity (Wildman–Crippen MR) is 118 cm³/mol. The SMILES string of the molecule is CCOc1cccc2c1OCC(C(=O)Nc1ccc(Cl)cc1NC(=O)c1ccco1)=C2. The number of furan rings is 1. The third-order valence-electron chi connectivity index (χ3n) is 4.53. The molecule has 0 saturated heterocycles. The molecular formula is C23H19ClN2O5. The van der Waals surface area contributed by atoms with Gasteiger partial charge in [-0.1, -0.05) is 23.7 Å². The van der Waals surface area contributed by atoms with Crippen LogP contribution in [-0.2, 0) is 4.79 Å². The lowest BCUT2D eigenvalue weighted by Gasteiger charge is -2.20. The van der Waals surface area contributed by atoms with Gasteiger partial charge in [0.15, 0.2) is 17.3 Å². The molecule has 0 spiro atoms. The molecule has 1 aromatic heterocycles. The van der Waals surface area contributed by atoms with Crippen molar-refractivity contribution in [3.63, 3.8) is 0 Å². The molecule has 0 bridgehead atoms. The number of ether oxygens (including phenoxy) is 2. The molecule has 0 radical (unpaired) electrons. The van der Waals surface area contributed by atoms with Gasteiger partial charge in [-0.2, -0.15) is 0 Å². The molecule has 3 aromatic rings. The van der Waals surface area contributed by atoms with Gasteiger partial charge in [0.25, 0.3) is 11.8 Å². The van der Waals surface area contributed by atoms with E-state index in [1.165, 1.54) is 12.3 Å². The number of nitrogens with one attached hydrogen (secondary N) is 2. The molecule has 0 aliphatic carbocycles. The fourth-order valence-corrected chi connectivity index (χ4v) is 3.28. The van der Waals surface area contributed by atoms with Crippen molar-refractivity contribution in [1.82, 2.24) is 0 Å². The van der Waals surface area contributed by atoms with Gasteiger partial charge in [-0.3, -0.25) is 9.59 Å². The van der Waals surface area contributed by atoms with E-state index in [0.29, 0.717) is 40.1 Å². The van der Waals surface area contributed by atoms with Gasteiger partial charge in [-0.15, -0.1) is 0 Å². The highest BCUT2D eigenvalue weighted by Gasteiger charge is 2.21. The minimum Gasteiger partial charge on any atom is -0.490 e. The first-order valence-electron chi connectivity index (χ1n) is 9.60. The zero-order valence-corrected chi connectivity index (χ0v) is 17.4. The van der Waals surface area contributed by atoms with E-state index < -0.39 is 5.91 Å². The fourth-order valence-electron chi connectivity index (χ4n) is 3.10. The highest BCUT2D eigenvalue weighted by Crippen LogP contribution is 2.36. The molecule has 158 valence electrons. The molecule has 7 nitrogen and oxygen atoms in total. The number of hydrogen-bond donors (Lipinski definition) is 2. The van der Waals surface area contributed by atoms with E-state index in [1.54, 1.807) is 30.3 Å². The summed E-state index contributed by atoms with van der Waals surface area (Å²) < 4.78 is 16.5. The second-order valence-electron chi connectivity index (χ2n) is 6.64. The number of benzene rings is 2. The van der Waals surface area contributed by atoms with Crippen molar-refractivity contribution in [2.45, 2.75) is 6.92 Å². The Morgan fingerprint density at radius 2 is 1.90 bits per heavy atom. The molecule has 1 aliphatic rings. The first-order chi connectivity index (χ1) is 15.0. The average molecular weight is 439 g/mol. The maximum absolute atomic E-state index is 12.9. The average Bonchev–Trinajstić information content (AvgIpc) is 3.31. The van der Waals surface area contributed by atoms with E-state index in [9.17, 15) is 9.59 Å². The predicted octanol–water partition coefficient (Wildman–Crippen LogP) is 5.00. The van der Waals surface area contributed by atoms with Crippen molar-refractivity contribution < 1.29 is 23.5 Å². The normalized spacial score (nSPS) is 12.3. The van der Waals surface area contributed by atoms with Crippen molar-refractivity contribution in [1.29, 1.82) is 0 Å². The van der Waals surface area contributed by atoms with E-state index >= 15 is 0 Å². The summed E-state index contributed by atoms with van der Waals surface area (Å²) in [6.45, 7) is 2.50. The number of para-hydroxylation sites is 1. The number of carbonyl (C=O) groups is 2. The highest BCUT2D eigenvalue weighted by atomic mass is 35.5. The molecule has 1 aliphatic heterocycles. The number of amides is 2. The molecule has 31 heavy (non-hydrogen) atoms. The summed E-state index contributed by atoms with van der Waals surface area (Å²) in [5, 5.41) is 5.91. The fraction of sp³-hybridized carbons (Fsp3) is 0.130.